The molecule has 1 N–H and O–H groups in total. The molecule has 0 radical (unpaired) electrons. The zero-order chi connectivity index (χ0) is 13.9. The van der Waals surface area contributed by atoms with Crippen molar-refractivity contribution in [3.05, 3.63) is 29.3 Å². The summed E-state index contributed by atoms with van der Waals surface area (Å²) in [6, 6.07) is 5.88. The van der Waals surface area contributed by atoms with Gasteiger partial charge in [0, 0.05) is 5.56 Å². The molecule has 0 saturated heterocycles. The summed E-state index contributed by atoms with van der Waals surface area (Å²) < 4.78 is 6.16. The van der Waals surface area contributed by atoms with E-state index in [0.29, 0.717) is 0 Å². The summed E-state index contributed by atoms with van der Waals surface area (Å²) in [5.74, 6) is 0.872. The van der Waals surface area contributed by atoms with Crippen molar-refractivity contribution in [3.63, 3.8) is 0 Å². The maximum atomic E-state index is 11.0. The van der Waals surface area contributed by atoms with E-state index in [1.54, 1.807) is 0 Å². The van der Waals surface area contributed by atoms with Crippen molar-refractivity contribution in [2.24, 2.45) is 5.92 Å². The molecule has 0 aromatic heterocycles. The molecule has 1 atom stereocenters. The van der Waals surface area contributed by atoms with Crippen molar-refractivity contribution in [1.29, 1.82) is 0 Å². The molecule has 0 amide bonds. The van der Waals surface area contributed by atoms with E-state index >= 15 is 0 Å². The van der Waals surface area contributed by atoms with Crippen LogP contribution < -0.4 is 4.74 Å². The number of carboxylic acid groups (broad SMARTS) is 1. The van der Waals surface area contributed by atoms with Crippen LogP contribution >= 0.6 is 0 Å². The van der Waals surface area contributed by atoms with Gasteiger partial charge in [-0.05, 0) is 30.7 Å². The van der Waals surface area contributed by atoms with Crippen LogP contribution in [0.5, 0.6) is 5.75 Å². The van der Waals surface area contributed by atoms with Gasteiger partial charge in [-0.2, -0.15) is 0 Å². The van der Waals surface area contributed by atoms with Gasteiger partial charge >= 0.3 is 5.97 Å². The maximum absolute atomic E-state index is 11.0. The Morgan fingerprint density at radius 3 is 2.80 bits per heavy atom. The molecule has 1 saturated carbocycles. The van der Waals surface area contributed by atoms with Crippen LogP contribution in [0.2, 0.25) is 0 Å². The molecule has 1 unspecified atom stereocenters. The summed E-state index contributed by atoms with van der Waals surface area (Å²) in [6.45, 7) is 0. The Morgan fingerprint density at radius 1 is 1.25 bits per heavy atom. The lowest BCUT2D eigenvalue weighted by atomic mass is 9.92. The van der Waals surface area contributed by atoms with Crippen molar-refractivity contribution in [2.45, 2.75) is 57.5 Å². The van der Waals surface area contributed by atoms with Crippen LogP contribution in [0.3, 0.4) is 0 Å². The Labute approximate surface area is 120 Å². The number of carbonyl (C=O) groups is 1. The Hall–Kier alpha value is -1.51. The van der Waals surface area contributed by atoms with Crippen LogP contribution in [0.1, 0.15) is 49.7 Å². The molecule has 2 aliphatic rings. The number of fused-ring (bicyclic) bond motifs is 1. The van der Waals surface area contributed by atoms with E-state index < -0.39 is 5.97 Å². The third-order valence-electron chi connectivity index (χ3n) is 4.61. The van der Waals surface area contributed by atoms with E-state index in [1.807, 2.05) is 12.1 Å². The molecule has 1 aliphatic heterocycles. The molecule has 3 nitrogen and oxygen atoms in total. The molecule has 0 spiro atoms. The number of benzene rings is 1. The molecule has 1 aromatic carbocycles. The highest BCUT2D eigenvalue weighted by molar-refractivity contribution is 5.71. The van der Waals surface area contributed by atoms with Gasteiger partial charge in [-0.25, -0.2) is 0 Å². The highest BCUT2D eigenvalue weighted by Crippen LogP contribution is 2.36. The Bertz CT molecular complexity index is 489. The highest BCUT2D eigenvalue weighted by atomic mass is 16.5. The second-order valence-corrected chi connectivity index (χ2v) is 6.14. The number of ether oxygens (including phenoxy) is 1. The molecule has 0 bridgehead atoms. The van der Waals surface area contributed by atoms with Gasteiger partial charge < -0.3 is 9.84 Å². The lowest BCUT2D eigenvalue weighted by Gasteiger charge is -2.29. The Kier molecular flexibility index (Phi) is 3.95. The second kappa shape index (κ2) is 5.86. The average molecular weight is 274 g/mol. The zero-order valence-electron chi connectivity index (χ0n) is 11.8. The van der Waals surface area contributed by atoms with Crippen LogP contribution in [0.25, 0.3) is 0 Å². The van der Waals surface area contributed by atoms with Crippen molar-refractivity contribution in [1.82, 2.24) is 0 Å². The van der Waals surface area contributed by atoms with Gasteiger partial charge in [0.2, 0.25) is 0 Å². The summed E-state index contributed by atoms with van der Waals surface area (Å²) in [5, 5.41) is 9.01. The van der Waals surface area contributed by atoms with Crippen LogP contribution in [0.15, 0.2) is 18.2 Å². The lowest BCUT2D eigenvalue weighted by Crippen LogP contribution is -2.26. The minimum absolute atomic E-state index is 0.0549. The summed E-state index contributed by atoms with van der Waals surface area (Å²) in [5.41, 5.74) is 2.00. The van der Waals surface area contributed by atoms with E-state index in [9.17, 15) is 4.79 Å². The molecule has 1 aliphatic carbocycles. The van der Waals surface area contributed by atoms with Crippen LogP contribution in [0, 0.1) is 5.92 Å². The van der Waals surface area contributed by atoms with E-state index in [0.717, 1.165) is 36.5 Å². The summed E-state index contributed by atoms with van der Waals surface area (Å²) >= 11 is 0. The van der Waals surface area contributed by atoms with Gasteiger partial charge in [0.05, 0.1) is 12.5 Å². The number of rotatable bonds is 4. The van der Waals surface area contributed by atoms with Crippen molar-refractivity contribution >= 4 is 5.97 Å². The first-order chi connectivity index (χ1) is 9.72. The van der Waals surface area contributed by atoms with Gasteiger partial charge in [-0.3, -0.25) is 4.79 Å². The minimum atomic E-state index is -0.792. The molecular weight excluding hydrogens is 252 g/mol. The second-order valence-electron chi connectivity index (χ2n) is 6.14. The minimum Gasteiger partial charge on any atom is -0.490 e. The van der Waals surface area contributed by atoms with Crippen molar-refractivity contribution < 1.29 is 14.6 Å². The monoisotopic (exact) mass is 274 g/mol. The Morgan fingerprint density at radius 2 is 2.05 bits per heavy atom. The van der Waals surface area contributed by atoms with Gasteiger partial charge in [-0.1, -0.05) is 43.9 Å². The van der Waals surface area contributed by atoms with Crippen LogP contribution in [-0.2, 0) is 17.6 Å². The number of aliphatic carboxylic acids is 1. The number of carboxylic acids is 1. The standard InChI is InChI=1S/C17H22O3/c18-16(19)11-14-7-3-6-13-8-9-15(20-17(13)14)10-12-4-1-2-5-12/h3,6-7,12,15H,1-2,4-5,8-11H2,(H,18,19). The normalized spacial score (nSPS) is 22.3. The van der Waals surface area contributed by atoms with E-state index in [4.69, 9.17) is 9.84 Å². The topological polar surface area (TPSA) is 46.5 Å². The fourth-order valence-corrected chi connectivity index (χ4v) is 3.61. The number of hydrogen-bond acceptors (Lipinski definition) is 2. The van der Waals surface area contributed by atoms with Gasteiger partial charge in [0.1, 0.15) is 5.75 Å². The molecule has 1 fully saturated rings. The fourth-order valence-electron chi connectivity index (χ4n) is 3.61. The lowest BCUT2D eigenvalue weighted by molar-refractivity contribution is -0.136. The largest absolute Gasteiger partial charge is 0.490 e. The summed E-state index contributed by atoms with van der Waals surface area (Å²) in [7, 11) is 0. The van der Waals surface area contributed by atoms with Gasteiger partial charge in [0.25, 0.3) is 0 Å². The number of para-hydroxylation sites is 1. The summed E-state index contributed by atoms with van der Waals surface area (Å²) in [6.07, 6.45) is 8.95. The predicted octanol–water partition coefficient (Wildman–Crippen LogP) is 3.59. The zero-order valence-corrected chi connectivity index (χ0v) is 11.8. The first kappa shape index (κ1) is 13.5. The van der Waals surface area contributed by atoms with E-state index in [-0.39, 0.29) is 12.5 Å². The Balaban J connectivity index is 1.73. The van der Waals surface area contributed by atoms with Crippen molar-refractivity contribution in [2.75, 3.05) is 0 Å². The van der Waals surface area contributed by atoms with Crippen LogP contribution in [0.4, 0.5) is 0 Å². The fraction of sp³-hybridized carbons (Fsp3) is 0.588. The quantitative estimate of drug-likeness (QED) is 0.912. The smallest absolute Gasteiger partial charge is 0.307 e. The highest BCUT2D eigenvalue weighted by Gasteiger charge is 2.26. The molecule has 1 heterocycles. The van der Waals surface area contributed by atoms with E-state index in [1.165, 1.54) is 31.2 Å². The molecule has 3 rings (SSSR count). The average Bonchev–Trinajstić information content (AvgIpc) is 2.92. The molecular formula is C17H22O3. The molecule has 3 heteroatoms. The van der Waals surface area contributed by atoms with Crippen molar-refractivity contribution in [3.8, 4) is 5.75 Å². The van der Waals surface area contributed by atoms with Crippen LogP contribution in [-0.4, -0.2) is 17.2 Å². The predicted molar refractivity (Wildman–Crippen MR) is 77.1 cm³/mol. The third kappa shape index (κ3) is 2.97. The molecule has 20 heavy (non-hydrogen) atoms. The number of aryl methyl sites for hydroxylation is 1. The van der Waals surface area contributed by atoms with Gasteiger partial charge in [0.15, 0.2) is 0 Å². The first-order valence-corrected chi connectivity index (χ1v) is 7.71. The van der Waals surface area contributed by atoms with Gasteiger partial charge in [-0.15, -0.1) is 0 Å². The number of hydrogen-bond donors (Lipinski definition) is 1. The van der Waals surface area contributed by atoms with E-state index in [2.05, 4.69) is 6.07 Å². The summed E-state index contributed by atoms with van der Waals surface area (Å²) in [4.78, 5) is 11.0. The SMILES string of the molecule is O=C(O)Cc1cccc2c1OC(CC1CCCC1)CC2. The third-order valence-corrected chi connectivity index (χ3v) is 4.61. The maximum Gasteiger partial charge on any atom is 0.307 e. The molecule has 108 valence electrons. The molecule has 1 aromatic rings. The first-order valence-electron chi connectivity index (χ1n) is 7.71.